The van der Waals surface area contributed by atoms with Gasteiger partial charge < -0.3 is 10.2 Å². The Morgan fingerprint density at radius 3 is 2.34 bits per heavy atom. The number of sulfonamides is 1. The second kappa shape index (κ2) is 11.9. The molecule has 1 saturated carbocycles. The molecule has 0 unspecified atom stereocenters. The SMILES string of the molecule is C[C@H](C(=O)NC1CCCC1)N(Cc1ccccc1F)C(=O)CN(c1ccc(Cl)c(C(F)(F)F)c1)S(C)(=O)=O. The molecule has 7 nitrogen and oxygen atoms in total. The molecule has 38 heavy (non-hydrogen) atoms. The second-order valence-electron chi connectivity index (χ2n) is 9.21. The molecule has 0 heterocycles. The number of carbonyl (C=O) groups is 2. The standard InChI is InChI=1S/C25H28ClF4N3O4S/c1-16(24(35)31-18-8-4-5-9-18)32(14-17-7-3-6-10-22(17)27)23(34)15-33(38(2,36)37)19-11-12-21(26)20(13-19)25(28,29)30/h3,6-7,10-13,16,18H,4-5,8-9,14-15H2,1-2H3,(H,31,35)/t16-/m1/s1. The van der Waals surface area contributed by atoms with Crippen molar-refractivity contribution in [3.8, 4) is 0 Å². The van der Waals surface area contributed by atoms with E-state index in [9.17, 15) is 35.6 Å². The minimum absolute atomic E-state index is 0.0715. The maximum Gasteiger partial charge on any atom is 0.417 e. The Balaban J connectivity index is 1.95. The van der Waals surface area contributed by atoms with Crippen molar-refractivity contribution in [3.63, 3.8) is 0 Å². The molecular weight excluding hydrogens is 550 g/mol. The van der Waals surface area contributed by atoms with Gasteiger partial charge in [-0.15, -0.1) is 0 Å². The van der Waals surface area contributed by atoms with E-state index >= 15 is 0 Å². The summed E-state index contributed by atoms with van der Waals surface area (Å²) in [5, 5.41) is 2.22. The summed E-state index contributed by atoms with van der Waals surface area (Å²) in [5.74, 6) is -2.05. The summed E-state index contributed by atoms with van der Waals surface area (Å²) in [6, 6.07) is 6.86. The quantitative estimate of drug-likeness (QED) is 0.436. The summed E-state index contributed by atoms with van der Waals surface area (Å²) in [5.41, 5.74) is -1.63. The Morgan fingerprint density at radius 2 is 1.76 bits per heavy atom. The molecule has 13 heteroatoms. The van der Waals surface area contributed by atoms with E-state index in [1.54, 1.807) is 6.07 Å². The first-order chi connectivity index (χ1) is 17.7. The fraction of sp³-hybridized carbons (Fsp3) is 0.440. The monoisotopic (exact) mass is 577 g/mol. The number of hydrogen-bond acceptors (Lipinski definition) is 4. The number of rotatable bonds is 9. The van der Waals surface area contributed by atoms with Gasteiger partial charge in [-0.1, -0.05) is 42.6 Å². The molecule has 2 amide bonds. The van der Waals surface area contributed by atoms with Crippen LogP contribution in [0.25, 0.3) is 0 Å². The van der Waals surface area contributed by atoms with Crippen molar-refractivity contribution >= 4 is 39.1 Å². The predicted molar refractivity (Wildman–Crippen MR) is 135 cm³/mol. The number of carbonyl (C=O) groups excluding carboxylic acids is 2. The van der Waals surface area contributed by atoms with Gasteiger partial charge in [0.1, 0.15) is 18.4 Å². The molecule has 208 valence electrons. The van der Waals surface area contributed by atoms with E-state index in [1.807, 2.05) is 0 Å². The van der Waals surface area contributed by atoms with Crippen LogP contribution in [0.4, 0.5) is 23.2 Å². The van der Waals surface area contributed by atoms with Crippen LogP contribution >= 0.6 is 11.6 Å². The normalized spacial score (nSPS) is 15.2. The lowest BCUT2D eigenvalue weighted by molar-refractivity contribution is -0.139. The molecule has 0 radical (unpaired) electrons. The van der Waals surface area contributed by atoms with Crippen LogP contribution in [0.2, 0.25) is 5.02 Å². The number of nitrogens with zero attached hydrogens (tertiary/aromatic N) is 2. The van der Waals surface area contributed by atoms with Crippen LogP contribution in [-0.2, 0) is 32.3 Å². The summed E-state index contributed by atoms with van der Waals surface area (Å²) in [6.45, 7) is 0.141. The van der Waals surface area contributed by atoms with Gasteiger partial charge in [0.2, 0.25) is 21.8 Å². The van der Waals surface area contributed by atoms with Crippen molar-refractivity contribution in [1.29, 1.82) is 0 Å². The zero-order valence-electron chi connectivity index (χ0n) is 20.8. The Hall–Kier alpha value is -2.86. The number of benzene rings is 2. The second-order valence-corrected chi connectivity index (χ2v) is 11.5. The van der Waals surface area contributed by atoms with Crippen LogP contribution in [0.3, 0.4) is 0 Å². The van der Waals surface area contributed by atoms with Crippen molar-refractivity contribution in [1.82, 2.24) is 10.2 Å². The topological polar surface area (TPSA) is 86.8 Å². The van der Waals surface area contributed by atoms with Crippen LogP contribution in [0.15, 0.2) is 42.5 Å². The van der Waals surface area contributed by atoms with Crippen LogP contribution in [0.5, 0.6) is 0 Å². The minimum atomic E-state index is -4.87. The number of alkyl halides is 3. The van der Waals surface area contributed by atoms with Crippen LogP contribution < -0.4 is 9.62 Å². The maximum atomic E-state index is 14.5. The van der Waals surface area contributed by atoms with Gasteiger partial charge in [-0.25, -0.2) is 12.8 Å². The highest BCUT2D eigenvalue weighted by atomic mass is 35.5. The van der Waals surface area contributed by atoms with Crippen LogP contribution in [0.1, 0.15) is 43.7 Å². The average Bonchev–Trinajstić information content (AvgIpc) is 3.33. The van der Waals surface area contributed by atoms with Gasteiger partial charge in [-0.3, -0.25) is 13.9 Å². The van der Waals surface area contributed by atoms with Gasteiger partial charge in [-0.2, -0.15) is 13.2 Å². The van der Waals surface area contributed by atoms with E-state index in [-0.39, 0.29) is 18.2 Å². The van der Waals surface area contributed by atoms with E-state index in [0.29, 0.717) is 10.4 Å². The lowest BCUT2D eigenvalue weighted by atomic mass is 10.1. The third-order valence-corrected chi connectivity index (χ3v) is 7.86. The van der Waals surface area contributed by atoms with Crippen molar-refractivity contribution in [2.75, 3.05) is 17.1 Å². The molecule has 1 N–H and O–H groups in total. The highest BCUT2D eigenvalue weighted by molar-refractivity contribution is 7.92. The molecule has 0 spiro atoms. The Labute approximate surface area is 223 Å². The number of amides is 2. The molecular formula is C25H28ClF4N3O4S. The zero-order chi connectivity index (χ0) is 28.3. The first kappa shape index (κ1) is 29.7. The van der Waals surface area contributed by atoms with Crippen molar-refractivity contribution < 1.29 is 35.6 Å². The highest BCUT2D eigenvalue weighted by Gasteiger charge is 2.36. The molecule has 0 aromatic heterocycles. The zero-order valence-corrected chi connectivity index (χ0v) is 22.3. The van der Waals surface area contributed by atoms with Gasteiger partial charge in [0.05, 0.1) is 22.5 Å². The summed E-state index contributed by atoms with van der Waals surface area (Å²) >= 11 is 5.66. The van der Waals surface area contributed by atoms with E-state index < -0.39 is 62.7 Å². The largest absolute Gasteiger partial charge is 0.417 e. The Bertz CT molecular complexity index is 1280. The Kier molecular flexibility index (Phi) is 9.30. The molecule has 1 fully saturated rings. The number of nitrogens with one attached hydrogen (secondary N) is 1. The number of halogens is 5. The van der Waals surface area contributed by atoms with E-state index in [0.717, 1.165) is 49.0 Å². The number of anilines is 1. The maximum absolute atomic E-state index is 14.5. The van der Waals surface area contributed by atoms with E-state index in [2.05, 4.69) is 5.32 Å². The van der Waals surface area contributed by atoms with Crippen LogP contribution in [0, 0.1) is 5.82 Å². The van der Waals surface area contributed by atoms with Crippen LogP contribution in [-0.4, -0.2) is 50.0 Å². The summed E-state index contributed by atoms with van der Waals surface area (Å²) in [4.78, 5) is 27.5. The molecule has 1 atom stereocenters. The molecule has 2 aromatic rings. The third kappa shape index (κ3) is 7.37. The smallest absolute Gasteiger partial charge is 0.352 e. The third-order valence-electron chi connectivity index (χ3n) is 6.39. The first-order valence-corrected chi connectivity index (χ1v) is 14.1. The predicted octanol–water partition coefficient (Wildman–Crippen LogP) is 4.74. The fourth-order valence-corrected chi connectivity index (χ4v) is 5.35. The molecule has 3 rings (SSSR count). The van der Waals surface area contributed by atoms with Crippen molar-refractivity contribution in [2.24, 2.45) is 0 Å². The molecule has 0 bridgehead atoms. The van der Waals surface area contributed by atoms with Crippen molar-refractivity contribution in [2.45, 2.75) is 57.4 Å². The fourth-order valence-electron chi connectivity index (χ4n) is 4.28. The number of hydrogen-bond donors (Lipinski definition) is 1. The lowest BCUT2D eigenvalue weighted by Gasteiger charge is -2.32. The molecule has 0 saturated heterocycles. The molecule has 2 aromatic carbocycles. The van der Waals surface area contributed by atoms with Gasteiger partial charge in [0, 0.05) is 18.2 Å². The first-order valence-electron chi connectivity index (χ1n) is 11.9. The lowest BCUT2D eigenvalue weighted by Crippen LogP contribution is -2.52. The minimum Gasteiger partial charge on any atom is -0.352 e. The van der Waals surface area contributed by atoms with Gasteiger partial charge in [0.25, 0.3) is 0 Å². The van der Waals surface area contributed by atoms with E-state index in [1.165, 1.54) is 25.1 Å². The van der Waals surface area contributed by atoms with Gasteiger partial charge in [0.15, 0.2) is 0 Å². The van der Waals surface area contributed by atoms with Gasteiger partial charge >= 0.3 is 6.18 Å². The molecule has 1 aliphatic rings. The summed E-state index contributed by atoms with van der Waals surface area (Å²) < 4.78 is 80.4. The summed E-state index contributed by atoms with van der Waals surface area (Å²) in [6.07, 6.45) is -0.689. The molecule has 1 aliphatic carbocycles. The van der Waals surface area contributed by atoms with E-state index in [4.69, 9.17) is 11.6 Å². The van der Waals surface area contributed by atoms with Crippen molar-refractivity contribution in [3.05, 3.63) is 64.4 Å². The summed E-state index contributed by atoms with van der Waals surface area (Å²) in [7, 11) is -4.27. The molecule has 0 aliphatic heterocycles. The highest BCUT2D eigenvalue weighted by Crippen LogP contribution is 2.37. The van der Waals surface area contributed by atoms with Gasteiger partial charge in [-0.05, 0) is 44.0 Å². The average molecular weight is 578 g/mol. The Morgan fingerprint density at radius 1 is 1.13 bits per heavy atom.